The zero-order valence-electron chi connectivity index (χ0n) is 13.2. The molecule has 2 amide bonds. The second kappa shape index (κ2) is 6.16. The molecular weight excluding hydrogens is 302 g/mol. The van der Waals surface area contributed by atoms with E-state index in [1.807, 2.05) is 20.8 Å². The Bertz CT molecular complexity index is 569. The summed E-state index contributed by atoms with van der Waals surface area (Å²) in [5.41, 5.74) is 11.0. The molecule has 6 nitrogen and oxygen atoms in total. The minimum atomic E-state index is -0.494. The summed E-state index contributed by atoms with van der Waals surface area (Å²) in [5.74, 6) is -0.190. The molecule has 0 saturated carbocycles. The quantitative estimate of drug-likeness (QED) is 0.873. The van der Waals surface area contributed by atoms with Gasteiger partial charge in [0.15, 0.2) is 0 Å². The number of nitrogens with zero attached hydrogens (tertiary/aromatic N) is 1. The number of carbonyl (C=O) groups excluding carboxylic acids is 2. The second-order valence-corrected chi connectivity index (χ2v) is 7.65. The third-order valence-electron chi connectivity index (χ3n) is 3.59. The minimum absolute atomic E-state index is 0.269. The third kappa shape index (κ3) is 3.91. The lowest BCUT2D eigenvalue weighted by molar-refractivity contribution is 0.0205. The molecule has 4 N–H and O–H groups in total. The molecule has 0 aromatic carbocycles. The Labute approximate surface area is 134 Å². The van der Waals surface area contributed by atoms with Crippen molar-refractivity contribution in [3.05, 3.63) is 16.5 Å². The minimum Gasteiger partial charge on any atom is -0.444 e. The normalized spacial score (nSPS) is 16.6. The fourth-order valence-corrected chi connectivity index (χ4v) is 3.59. The van der Waals surface area contributed by atoms with E-state index in [-0.39, 0.29) is 6.09 Å². The number of likely N-dealkylation sites (tertiary alicyclic amines) is 1. The molecule has 1 aromatic heterocycles. The molecule has 0 unspecified atom stereocenters. The summed E-state index contributed by atoms with van der Waals surface area (Å²) in [6.07, 6.45) is 1.39. The average Bonchev–Trinajstić information content (AvgIpc) is 2.79. The molecule has 0 aliphatic carbocycles. The van der Waals surface area contributed by atoms with Crippen molar-refractivity contribution >= 4 is 28.3 Å². The predicted molar refractivity (Wildman–Crippen MR) is 87.0 cm³/mol. The van der Waals surface area contributed by atoms with E-state index < -0.39 is 11.5 Å². The number of nitrogens with two attached hydrogens (primary N) is 2. The Kier molecular flexibility index (Phi) is 4.65. The Morgan fingerprint density at radius 2 is 1.91 bits per heavy atom. The van der Waals surface area contributed by atoms with Crippen molar-refractivity contribution in [1.82, 2.24) is 4.90 Å². The predicted octanol–water partition coefficient (Wildman–Crippen LogP) is 2.54. The van der Waals surface area contributed by atoms with Gasteiger partial charge in [0, 0.05) is 18.0 Å². The van der Waals surface area contributed by atoms with E-state index in [4.69, 9.17) is 16.2 Å². The maximum absolute atomic E-state index is 12.0. The lowest BCUT2D eigenvalue weighted by Gasteiger charge is -2.33. The Morgan fingerprint density at radius 1 is 1.32 bits per heavy atom. The van der Waals surface area contributed by atoms with Crippen LogP contribution in [-0.4, -0.2) is 35.6 Å². The number of nitrogen functional groups attached to an aromatic ring is 1. The van der Waals surface area contributed by atoms with Gasteiger partial charge in [-0.25, -0.2) is 4.79 Å². The molecule has 122 valence electrons. The molecule has 2 rings (SSSR count). The molecule has 1 aliphatic rings. The number of rotatable bonds is 2. The van der Waals surface area contributed by atoms with Gasteiger partial charge in [-0.1, -0.05) is 0 Å². The van der Waals surface area contributed by atoms with Gasteiger partial charge in [-0.2, -0.15) is 0 Å². The number of carbonyl (C=O) groups is 2. The zero-order valence-corrected chi connectivity index (χ0v) is 14.0. The first-order valence-corrected chi connectivity index (χ1v) is 8.16. The molecule has 2 heterocycles. The maximum Gasteiger partial charge on any atom is 0.410 e. The van der Waals surface area contributed by atoms with Gasteiger partial charge >= 0.3 is 6.09 Å². The summed E-state index contributed by atoms with van der Waals surface area (Å²) in [7, 11) is 0. The van der Waals surface area contributed by atoms with E-state index in [0.29, 0.717) is 29.6 Å². The zero-order chi connectivity index (χ0) is 16.5. The lowest BCUT2D eigenvalue weighted by atomic mass is 9.95. The van der Waals surface area contributed by atoms with E-state index >= 15 is 0 Å². The SMILES string of the molecule is CC(C)(C)OC(=O)N1CCC(c2cc(C(N)=O)c(N)s2)CC1. The van der Waals surface area contributed by atoms with Crippen LogP contribution in [0.15, 0.2) is 6.07 Å². The van der Waals surface area contributed by atoms with Crippen molar-refractivity contribution in [2.24, 2.45) is 5.73 Å². The van der Waals surface area contributed by atoms with Crippen LogP contribution in [0, 0.1) is 0 Å². The molecule has 1 fully saturated rings. The molecule has 0 bridgehead atoms. The van der Waals surface area contributed by atoms with Gasteiger partial charge in [0.1, 0.15) is 5.60 Å². The number of amides is 2. The smallest absolute Gasteiger partial charge is 0.410 e. The summed E-state index contributed by atoms with van der Waals surface area (Å²) < 4.78 is 5.38. The van der Waals surface area contributed by atoms with Crippen LogP contribution in [0.4, 0.5) is 9.80 Å². The lowest BCUT2D eigenvalue weighted by Crippen LogP contribution is -2.41. The molecular formula is C15H23N3O3S. The Morgan fingerprint density at radius 3 is 2.36 bits per heavy atom. The number of piperidine rings is 1. The number of ether oxygens (including phenoxy) is 1. The van der Waals surface area contributed by atoms with Gasteiger partial charge in [0.2, 0.25) is 0 Å². The topological polar surface area (TPSA) is 98.6 Å². The van der Waals surface area contributed by atoms with Crippen LogP contribution in [0.1, 0.15) is 54.8 Å². The third-order valence-corrected chi connectivity index (χ3v) is 4.72. The van der Waals surface area contributed by atoms with E-state index in [2.05, 4.69) is 0 Å². The van der Waals surface area contributed by atoms with Crippen LogP contribution < -0.4 is 11.5 Å². The first-order valence-electron chi connectivity index (χ1n) is 7.34. The molecule has 22 heavy (non-hydrogen) atoms. The largest absolute Gasteiger partial charge is 0.444 e. The second-order valence-electron chi connectivity index (χ2n) is 6.53. The number of primary amides is 1. The van der Waals surface area contributed by atoms with E-state index in [9.17, 15) is 9.59 Å². The molecule has 1 aromatic rings. The van der Waals surface area contributed by atoms with Gasteiger partial charge in [-0.15, -0.1) is 11.3 Å². The Hall–Kier alpha value is -1.76. The van der Waals surface area contributed by atoms with Crippen molar-refractivity contribution in [2.75, 3.05) is 18.8 Å². The van der Waals surface area contributed by atoms with Crippen LogP contribution >= 0.6 is 11.3 Å². The molecule has 1 saturated heterocycles. The summed E-state index contributed by atoms with van der Waals surface area (Å²) >= 11 is 1.41. The fourth-order valence-electron chi connectivity index (χ4n) is 2.49. The van der Waals surface area contributed by atoms with Crippen LogP contribution in [0.25, 0.3) is 0 Å². The monoisotopic (exact) mass is 325 g/mol. The van der Waals surface area contributed by atoms with Crippen LogP contribution in [0.5, 0.6) is 0 Å². The summed E-state index contributed by atoms with van der Waals surface area (Å²) in [6.45, 7) is 6.86. The summed E-state index contributed by atoms with van der Waals surface area (Å²) in [5, 5.41) is 0.470. The van der Waals surface area contributed by atoms with Gasteiger partial charge in [0.05, 0.1) is 10.6 Å². The van der Waals surface area contributed by atoms with Crippen molar-refractivity contribution < 1.29 is 14.3 Å². The van der Waals surface area contributed by atoms with Crippen LogP contribution in [-0.2, 0) is 4.74 Å². The average molecular weight is 325 g/mol. The number of anilines is 1. The molecule has 1 aliphatic heterocycles. The number of hydrogen-bond acceptors (Lipinski definition) is 5. The molecule has 0 atom stereocenters. The molecule has 7 heteroatoms. The highest BCUT2D eigenvalue weighted by Crippen LogP contribution is 2.36. The maximum atomic E-state index is 12.0. The van der Waals surface area contributed by atoms with Crippen molar-refractivity contribution in [1.29, 1.82) is 0 Å². The van der Waals surface area contributed by atoms with Crippen molar-refractivity contribution in [3.8, 4) is 0 Å². The summed E-state index contributed by atoms with van der Waals surface area (Å²) in [4.78, 5) is 26.1. The fraction of sp³-hybridized carbons (Fsp3) is 0.600. The first-order chi connectivity index (χ1) is 10.2. The van der Waals surface area contributed by atoms with Crippen molar-refractivity contribution in [3.63, 3.8) is 0 Å². The highest BCUT2D eigenvalue weighted by molar-refractivity contribution is 7.16. The summed E-state index contributed by atoms with van der Waals surface area (Å²) in [6, 6.07) is 1.79. The van der Waals surface area contributed by atoms with Crippen LogP contribution in [0.3, 0.4) is 0 Å². The van der Waals surface area contributed by atoms with E-state index in [1.54, 1.807) is 11.0 Å². The standard InChI is InChI=1S/C15H23N3O3S/c1-15(2,3)21-14(20)18-6-4-9(5-7-18)11-8-10(12(16)19)13(17)22-11/h8-9H,4-7,17H2,1-3H3,(H2,16,19). The van der Waals surface area contributed by atoms with Gasteiger partial charge in [-0.3, -0.25) is 4.79 Å². The van der Waals surface area contributed by atoms with Gasteiger partial charge in [0.25, 0.3) is 5.91 Å². The number of thiophene rings is 1. The van der Waals surface area contributed by atoms with E-state index in [1.165, 1.54) is 11.3 Å². The van der Waals surface area contributed by atoms with Gasteiger partial charge < -0.3 is 21.1 Å². The van der Waals surface area contributed by atoms with Crippen LogP contribution in [0.2, 0.25) is 0 Å². The number of hydrogen-bond donors (Lipinski definition) is 2. The molecule has 0 radical (unpaired) electrons. The molecule has 0 spiro atoms. The highest BCUT2D eigenvalue weighted by Gasteiger charge is 2.28. The first kappa shape index (κ1) is 16.6. The van der Waals surface area contributed by atoms with Crippen molar-refractivity contribution in [2.45, 2.75) is 45.1 Å². The van der Waals surface area contributed by atoms with E-state index in [0.717, 1.165) is 17.7 Å². The highest BCUT2D eigenvalue weighted by atomic mass is 32.1. The Balaban J connectivity index is 1.96. The van der Waals surface area contributed by atoms with Gasteiger partial charge in [-0.05, 0) is 45.6 Å².